The molecule has 2 aromatic rings. The van der Waals surface area contributed by atoms with Crippen molar-refractivity contribution in [2.45, 2.75) is 13.0 Å². The number of hydrogen-bond donors (Lipinski definition) is 1. The highest BCUT2D eigenvalue weighted by atomic mass is 16.5. The molecule has 0 aromatic heterocycles. The van der Waals surface area contributed by atoms with Gasteiger partial charge in [-0.2, -0.15) is 0 Å². The number of anilines is 1. The number of para-hydroxylation sites is 2. The zero-order valence-electron chi connectivity index (χ0n) is 15.6. The minimum absolute atomic E-state index is 0.137. The standard InChI is InChI=1S/C21H25N3O3/c1-27-19-10-6-5-9-18(19)22-20(25)15-21(26)24-13-11-23(12-14-24)16-17-7-3-2-4-8-17/h2-10H,11-16H2,1H3,(H,22,25). The number of benzene rings is 2. The van der Waals surface area contributed by atoms with E-state index in [0.29, 0.717) is 24.5 Å². The van der Waals surface area contributed by atoms with Gasteiger partial charge in [0.2, 0.25) is 11.8 Å². The first-order valence-electron chi connectivity index (χ1n) is 9.12. The molecule has 0 spiro atoms. The number of carbonyl (C=O) groups is 2. The van der Waals surface area contributed by atoms with Crippen molar-refractivity contribution in [3.63, 3.8) is 0 Å². The Morgan fingerprint density at radius 3 is 2.33 bits per heavy atom. The molecule has 1 aliphatic heterocycles. The molecule has 2 aromatic carbocycles. The van der Waals surface area contributed by atoms with Gasteiger partial charge in [-0.1, -0.05) is 42.5 Å². The van der Waals surface area contributed by atoms with E-state index in [1.54, 1.807) is 24.1 Å². The fourth-order valence-electron chi connectivity index (χ4n) is 3.19. The van der Waals surface area contributed by atoms with Crippen molar-refractivity contribution < 1.29 is 14.3 Å². The van der Waals surface area contributed by atoms with E-state index in [1.165, 1.54) is 5.56 Å². The van der Waals surface area contributed by atoms with Gasteiger partial charge >= 0.3 is 0 Å². The Hall–Kier alpha value is -2.86. The van der Waals surface area contributed by atoms with E-state index < -0.39 is 0 Å². The maximum absolute atomic E-state index is 12.4. The van der Waals surface area contributed by atoms with Gasteiger partial charge < -0.3 is 15.0 Å². The van der Waals surface area contributed by atoms with Gasteiger partial charge in [0.1, 0.15) is 12.2 Å². The van der Waals surface area contributed by atoms with E-state index in [2.05, 4.69) is 22.3 Å². The largest absolute Gasteiger partial charge is 0.495 e. The molecule has 0 aliphatic carbocycles. The quantitative estimate of drug-likeness (QED) is 0.797. The number of carbonyl (C=O) groups excluding carboxylic acids is 2. The third-order valence-electron chi connectivity index (χ3n) is 4.67. The van der Waals surface area contributed by atoms with Gasteiger partial charge in [0, 0.05) is 32.7 Å². The molecule has 0 radical (unpaired) electrons. The molecule has 2 amide bonds. The Balaban J connectivity index is 1.46. The number of nitrogens with one attached hydrogen (secondary N) is 1. The van der Waals surface area contributed by atoms with Crippen LogP contribution in [0.25, 0.3) is 0 Å². The first kappa shape index (κ1) is 18.9. The normalized spacial score (nSPS) is 14.6. The van der Waals surface area contributed by atoms with Gasteiger partial charge in [-0.15, -0.1) is 0 Å². The summed E-state index contributed by atoms with van der Waals surface area (Å²) in [4.78, 5) is 28.7. The highest BCUT2D eigenvalue weighted by Crippen LogP contribution is 2.23. The lowest BCUT2D eigenvalue weighted by Crippen LogP contribution is -2.48. The zero-order chi connectivity index (χ0) is 19.1. The second-order valence-electron chi connectivity index (χ2n) is 6.57. The minimum atomic E-state index is -0.323. The van der Waals surface area contributed by atoms with Gasteiger partial charge in [0.05, 0.1) is 12.8 Å². The third-order valence-corrected chi connectivity index (χ3v) is 4.67. The third kappa shape index (κ3) is 5.31. The summed E-state index contributed by atoms with van der Waals surface area (Å²) < 4.78 is 5.21. The zero-order valence-corrected chi connectivity index (χ0v) is 15.6. The summed E-state index contributed by atoms with van der Waals surface area (Å²) in [5.41, 5.74) is 1.85. The molecular formula is C21H25N3O3. The van der Waals surface area contributed by atoms with Crippen LogP contribution in [0.3, 0.4) is 0 Å². The molecule has 1 aliphatic rings. The van der Waals surface area contributed by atoms with Gasteiger partial charge in [0.25, 0.3) is 0 Å². The van der Waals surface area contributed by atoms with E-state index in [1.807, 2.05) is 30.3 Å². The summed E-state index contributed by atoms with van der Waals surface area (Å²) in [5.74, 6) is 0.116. The van der Waals surface area contributed by atoms with Gasteiger partial charge in [-0.25, -0.2) is 0 Å². The van der Waals surface area contributed by atoms with Gasteiger partial charge in [-0.3, -0.25) is 14.5 Å². The van der Waals surface area contributed by atoms with E-state index in [-0.39, 0.29) is 18.2 Å². The molecule has 142 valence electrons. The van der Waals surface area contributed by atoms with Crippen molar-refractivity contribution in [2.75, 3.05) is 38.6 Å². The lowest BCUT2D eigenvalue weighted by molar-refractivity contribution is -0.136. The summed E-state index contributed by atoms with van der Waals surface area (Å²) in [5, 5.41) is 2.75. The molecule has 0 bridgehead atoms. The lowest BCUT2D eigenvalue weighted by Gasteiger charge is -2.34. The summed E-state index contributed by atoms with van der Waals surface area (Å²) in [6, 6.07) is 17.5. The fraction of sp³-hybridized carbons (Fsp3) is 0.333. The molecule has 1 saturated heterocycles. The molecule has 6 heteroatoms. The Morgan fingerprint density at radius 2 is 1.63 bits per heavy atom. The van der Waals surface area contributed by atoms with Crippen LogP contribution in [0.15, 0.2) is 54.6 Å². The van der Waals surface area contributed by atoms with Crippen LogP contribution < -0.4 is 10.1 Å². The van der Waals surface area contributed by atoms with E-state index >= 15 is 0 Å². The van der Waals surface area contributed by atoms with E-state index in [9.17, 15) is 9.59 Å². The predicted octanol–water partition coefficient (Wildman–Crippen LogP) is 2.37. The number of hydrogen-bond acceptors (Lipinski definition) is 4. The van der Waals surface area contributed by atoms with Crippen molar-refractivity contribution in [1.29, 1.82) is 0 Å². The smallest absolute Gasteiger partial charge is 0.233 e. The van der Waals surface area contributed by atoms with E-state index in [4.69, 9.17) is 4.74 Å². The maximum Gasteiger partial charge on any atom is 0.233 e. The molecule has 1 fully saturated rings. The SMILES string of the molecule is COc1ccccc1NC(=O)CC(=O)N1CCN(Cc2ccccc2)CC1. The fourth-order valence-corrected chi connectivity index (χ4v) is 3.19. The minimum Gasteiger partial charge on any atom is -0.495 e. The van der Waals surface area contributed by atoms with E-state index in [0.717, 1.165) is 19.6 Å². The van der Waals surface area contributed by atoms with Gasteiger partial charge in [0.15, 0.2) is 0 Å². The molecule has 0 unspecified atom stereocenters. The van der Waals surface area contributed by atoms with Crippen LogP contribution in [0, 0.1) is 0 Å². The molecule has 6 nitrogen and oxygen atoms in total. The topological polar surface area (TPSA) is 61.9 Å². The van der Waals surface area contributed by atoms with Crippen LogP contribution >= 0.6 is 0 Å². The molecular weight excluding hydrogens is 342 g/mol. The Labute approximate surface area is 159 Å². The average molecular weight is 367 g/mol. The molecule has 3 rings (SSSR count). The summed E-state index contributed by atoms with van der Waals surface area (Å²) in [7, 11) is 1.55. The van der Waals surface area contributed by atoms with Crippen LogP contribution in [0.2, 0.25) is 0 Å². The van der Waals surface area contributed by atoms with Crippen LogP contribution in [0.4, 0.5) is 5.69 Å². The summed E-state index contributed by atoms with van der Waals surface area (Å²) >= 11 is 0. The van der Waals surface area contributed by atoms with Crippen LogP contribution in [-0.2, 0) is 16.1 Å². The number of ether oxygens (including phenoxy) is 1. The Kier molecular flexibility index (Phi) is 6.44. The van der Waals surface area contributed by atoms with Crippen molar-refractivity contribution >= 4 is 17.5 Å². The average Bonchev–Trinajstić information content (AvgIpc) is 2.69. The Morgan fingerprint density at radius 1 is 0.963 bits per heavy atom. The van der Waals surface area contributed by atoms with Crippen LogP contribution in [0.5, 0.6) is 5.75 Å². The number of rotatable bonds is 6. The van der Waals surface area contributed by atoms with Gasteiger partial charge in [-0.05, 0) is 17.7 Å². The molecule has 1 heterocycles. The lowest BCUT2D eigenvalue weighted by atomic mass is 10.2. The molecule has 0 atom stereocenters. The Bertz CT molecular complexity index is 771. The van der Waals surface area contributed by atoms with Crippen molar-refractivity contribution in [1.82, 2.24) is 9.80 Å². The molecule has 0 saturated carbocycles. The first-order valence-corrected chi connectivity index (χ1v) is 9.12. The highest BCUT2D eigenvalue weighted by molar-refractivity contribution is 6.04. The maximum atomic E-state index is 12.4. The summed E-state index contributed by atoms with van der Waals surface area (Å²) in [6.07, 6.45) is -0.156. The van der Waals surface area contributed by atoms with Crippen molar-refractivity contribution in [3.8, 4) is 5.75 Å². The number of nitrogens with zero attached hydrogens (tertiary/aromatic N) is 2. The van der Waals surface area contributed by atoms with Crippen molar-refractivity contribution in [2.24, 2.45) is 0 Å². The predicted molar refractivity (Wildman–Crippen MR) is 105 cm³/mol. The van der Waals surface area contributed by atoms with Crippen molar-refractivity contribution in [3.05, 3.63) is 60.2 Å². The second kappa shape index (κ2) is 9.19. The number of amides is 2. The summed E-state index contributed by atoms with van der Waals surface area (Å²) in [6.45, 7) is 3.81. The van der Waals surface area contributed by atoms with Crippen LogP contribution in [0.1, 0.15) is 12.0 Å². The highest BCUT2D eigenvalue weighted by Gasteiger charge is 2.23. The monoisotopic (exact) mass is 367 g/mol. The van der Waals surface area contributed by atoms with Crippen LogP contribution in [-0.4, -0.2) is 54.9 Å². The number of piperazine rings is 1. The first-order chi connectivity index (χ1) is 13.2. The number of methoxy groups -OCH3 is 1. The molecule has 1 N–H and O–H groups in total. The second-order valence-corrected chi connectivity index (χ2v) is 6.57. The molecule has 27 heavy (non-hydrogen) atoms.